The molecule has 0 bridgehead atoms. The van der Waals surface area contributed by atoms with Crippen LogP contribution in [0.1, 0.15) is 0 Å². The van der Waals surface area contributed by atoms with Gasteiger partial charge in [0, 0.05) is 11.8 Å². The summed E-state index contributed by atoms with van der Waals surface area (Å²) in [5.74, 6) is 0. The van der Waals surface area contributed by atoms with Gasteiger partial charge in [-0.1, -0.05) is 97.1 Å². The molecule has 38 heavy (non-hydrogen) atoms. The van der Waals surface area contributed by atoms with Gasteiger partial charge >= 0.3 is 0 Å². The molecule has 0 fully saturated rings. The van der Waals surface area contributed by atoms with Gasteiger partial charge in [0.2, 0.25) is 0 Å². The lowest BCUT2D eigenvalue weighted by Crippen LogP contribution is -1.88. The van der Waals surface area contributed by atoms with E-state index in [-0.39, 0.29) is 0 Å². The molecule has 176 valence electrons. The first-order chi connectivity index (χ1) is 18.8. The van der Waals surface area contributed by atoms with E-state index in [0.717, 1.165) is 11.3 Å². The van der Waals surface area contributed by atoms with Crippen molar-refractivity contribution < 1.29 is 0 Å². The van der Waals surface area contributed by atoms with E-state index in [9.17, 15) is 0 Å². The van der Waals surface area contributed by atoms with Crippen LogP contribution < -0.4 is 0 Å². The normalized spacial score (nSPS) is 11.7. The fraction of sp³-hybridized carbons (Fsp3) is 0. The molecule has 0 amide bonds. The van der Waals surface area contributed by atoms with Gasteiger partial charge in [0.25, 0.3) is 0 Å². The Hall–Kier alpha value is -5.01. The van der Waals surface area contributed by atoms with Crippen LogP contribution in [-0.4, -0.2) is 4.98 Å². The van der Waals surface area contributed by atoms with E-state index in [1.54, 1.807) is 0 Å². The van der Waals surface area contributed by atoms with Gasteiger partial charge in [-0.25, -0.2) is 0 Å². The highest BCUT2D eigenvalue weighted by Crippen LogP contribution is 2.48. The Bertz CT molecular complexity index is 2020. The summed E-state index contributed by atoms with van der Waals surface area (Å²) in [6.45, 7) is 0. The van der Waals surface area contributed by atoms with E-state index in [1.807, 2.05) is 18.3 Å². The highest BCUT2D eigenvalue weighted by Gasteiger charge is 2.21. The van der Waals surface area contributed by atoms with Crippen LogP contribution in [0, 0.1) is 0 Å². The molecule has 0 saturated carbocycles. The first kappa shape index (κ1) is 21.1. The molecule has 1 heteroatoms. The fourth-order valence-electron chi connectivity index (χ4n) is 6.06. The maximum absolute atomic E-state index is 4.60. The fourth-order valence-corrected chi connectivity index (χ4v) is 6.06. The molecule has 0 spiro atoms. The van der Waals surface area contributed by atoms with Crippen molar-refractivity contribution in [3.05, 3.63) is 140 Å². The molecule has 0 unspecified atom stereocenters. The van der Waals surface area contributed by atoms with Gasteiger partial charge in [0.15, 0.2) is 0 Å². The monoisotopic (exact) mass is 481 g/mol. The Labute approximate surface area is 221 Å². The number of hydrogen-bond donors (Lipinski definition) is 0. The summed E-state index contributed by atoms with van der Waals surface area (Å²) >= 11 is 0. The average Bonchev–Trinajstić information content (AvgIpc) is 3.32. The van der Waals surface area contributed by atoms with E-state index in [2.05, 4.69) is 126 Å². The summed E-state index contributed by atoms with van der Waals surface area (Å²) in [5.41, 5.74) is 12.4. The van der Waals surface area contributed by atoms with Crippen molar-refractivity contribution in [3.8, 4) is 55.8 Å². The van der Waals surface area contributed by atoms with E-state index >= 15 is 0 Å². The molecule has 1 aromatic heterocycles. The number of benzene rings is 6. The summed E-state index contributed by atoms with van der Waals surface area (Å²) < 4.78 is 0. The second-order valence-electron chi connectivity index (χ2n) is 10.0. The molecule has 0 radical (unpaired) electrons. The van der Waals surface area contributed by atoms with E-state index in [0.29, 0.717) is 0 Å². The highest BCUT2D eigenvalue weighted by atomic mass is 14.7. The minimum Gasteiger partial charge on any atom is -0.256 e. The summed E-state index contributed by atoms with van der Waals surface area (Å²) in [7, 11) is 0. The Morgan fingerprint density at radius 2 is 0.974 bits per heavy atom. The van der Waals surface area contributed by atoms with Crippen LogP contribution in [-0.2, 0) is 0 Å². The van der Waals surface area contributed by atoms with Gasteiger partial charge in [-0.3, -0.25) is 4.98 Å². The van der Waals surface area contributed by atoms with Crippen LogP contribution >= 0.6 is 0 Å². The van der Waals surface area contributed by atoms with Crippen molar-refractivity contribution in [1.29, 1.82) is 0 Å². The maximum atomic E-state index is 4.60. The zero-order valence-electron chi connectivity index (χ0n) is 20.7. The summed E-state index contributed by atoms with van der Waals surface area (Å²) in [5, 5.41) is 5.15. The van der Waals surface area contributed by atoms with Crippen molar-refractivity contribution in [2.24, 2.45) is 0 Å². The quantitative estimate of drug-likeness (QED) is 0.245. The van der Waals surface area contributed by atoms with Gasteiger partial charge in [0.05, 0.1) is 5.69 Å². The third-order valence-electron chi connectivity index (χ3n) is 7.84. The Morgan fingerprint density at radius 3 is 1.76 bits per heavy atom. The third kappa shape index (κ3) is 3.22. The van der Waals surface area contributed by atoms with Crippen LogP contribution in [0.25, 0.3) is 77.3 Å². The predicted octanol–water partition coefficient (Wildman–Crippen LogP) is 10.0. The molecule has 0 N–H and O–H groups in total. The largest absolute Gasteiger partial charge is 0.256 e. The first-order valence-corrected chi connectivity index (χ1v) is 13.0. The standard InChI is InChI=1S/C37H23N/c1-4-12-33(36-14-5-6-19-38-36)30(9-1)27-18-17-24-20-26(16-15-25(24)21-27)29-22-28-8-7-13-34-31-10-2-3-11-32(31)35(23-29)37(28)34/h1-23H. The van der Waals surface area contributed by atoms with Crippen LogP contribution in [0.5, 0.6) is 0 Å². The summed E-state index contributed by atoms with van der Waals surface area (Å²) in [6.07, 6.45) is 1.85. The maximum Gasteiger partial charge on any atom is 0.0708 e. The predicted molar refractivity (Wildman–Crippen MR) is 160 cm³/mol. The topological polar surface area (TPSA) is 12.9 Å². The minimum atomic E-state index is 0.993. The SMILES string of the molecule is c1ccc(-c2ccccc2-c2ccc3cc(-c4cc5c6c(cccc6c4)-c4ccccc4-5)ccc3c2)nc1. The van der Waals surface area contributed by atoms with E-state index < -0.39 is 0 Å². The smallest absolute Gasteiger partial charge is 0.0708 e. The van der Waals surface area contributed by atoms with Gasteiger partial charge in [-0.15, -0.1) is 0 Å². The Morgan fingerprint density at radius 1 is 0.342 bits per heavy atom. The molecule has 7 aromatic rings. The lowest BCUT2D eigenvalue weighted by molar-refractivity contribution is 1.33. The Kier molecular flexibility index (Phi) is 4.59. The van der Waals surface area contributed by atoms with Crippen LogP contribution in [0.2, 0.25) is 0 Å². The van der Waals surface area contributed by atoms with Crippen LogP contribution in [0.4, 0.5) is 0 Å². The molecule has 1 aliphatic carbocycles. The first-order valence-electron chi connectivity index (χ1n) is 13.0. The third-order valence-corrected chi connectivity index (χ3v) is 7.84. The van der Waals surface area contributed by atoms with Crippen molar-refractivity contribution in [2.75, 3.05) is 0 Å². The summed E-state index contributed by atoms with van der Waals surface area (Å²) in [6, 6.07) is 48.3. The van der Waals surface area contributed by atoms with Crippen molar-refractivity contribution >= 4 is 21.5 Å². The number of rotatable bonds is 3. The molecule has 1 nitrogen and oxygen atoms in total. The lowest BCUT2D eigenvalue weighted by atomic mass is 9.93. The highest BCUT2D eigenvalue weighted by molar-refractivity contribution is 6.16. The molecule has 0 saturated heterocycles. The molecule has 0 atom stereocenters. The second-order valence-corrected chi connectivity index (χ2v) is 10.0. The van der Waals surface area contributed by atoms with Crippen molar-refractivity contribution in [3.63, 3.8) is 0 Å². The minimum absolute atomic E-state index is 0.993. The van der Waals surface area contributed by atoms with Crippen LogP contribution in [0.15, 0.2) is 140 Å². The molecular formula is C37H23N. The molecule has 1 aliphatic rings. The lowest BCUT2D eigenvalue weighted by Gasteiger charge is -2.12. The molecule has 6 aromatic carbocycles. The number of fused-ring (bicyclic) bond motifs is 4. The van der Waals surface area contributed by atoms with Gasteiger partial charge < -0.3 is 0 Å². The Balaban J connectivity index is 1.24. The zero-order chi connectivity index (χ0) is 25.1. The van der Waals surface area contributed by atoms with Gasteiger partial charge in [-0.2, -0.15) is 0 Å². The number of pyridine rings is 1. The zero-order valence-corrected chi connectivity index (χ0v) is 20.7. The number of nitrogens with zero attached hydrogens (tertiary/aromatic N) is 1. The number of hydrogen-bond acceptors (Lipinski definition) is 1. The van der Waals surface area contributed by atoms with Gasteiger partial charge in [0.1, 0.15) is 0 Å². The van der Waals surface area contributed by atoms with Crippen molar-refractivity contribution in [1.82, 2.24) is 4.98 Å². The van der Waals surface area contributed by atoms with E-state index in [1.165, 1.54) is 66.1 Å². The molecule has 0 aliphatic heterocycles. The van der Waals surface area contributed by atoms with E-state index in [4.69, 9.17) is 0 Å². The average molecular weight is 482 g/mol. The molecule has 8 rings (SSSR count). The van der Waals surface area contributed by atoms with Crippen molar-refractivity contribution in [2.45, 2.75) is 0 Å². The molecular weight excluding hydrogens is 458 g/mol. The summed E-state index contributed by atoms with van der Waals surface area (Å²) in [4.78, 5) is 4.60. The number of aromatic nitrogens is 1. The second kappa shape index (κ2) is 8.26. The van der Waals surface area contributed by atoms with Gasteiger partial charge in [-0.05, 0) is 102 Å². The molecule has 1 heterocycles. The van der Waals surface area contributed by atoms with Crippen LogP contribution in [0.3, 0.4) is 0 Å².